The third-order valence-corrected chi connectivity index (χ3v) is 5.28. The number of amides is 1. The standard InChI is InChI=1S/C18H25F2N3O2/c1-5-12-8-17(6-7-18(12,19)20)11-23(15(24)25-17)14-10-21-13(9-22-14)16(2,3)4/h9-10,12H,5-8,11H2,1-4H3. The van der Waals surface area contributed by atoms with Crippen molar-refractivity contribution in [2.24, 2.45) is 5.92 Å². The fourth-order valence-corrected chi connectivity index (χ4v) is 3.63. The molecule has 1 aromatic heterocycles. The van der Waals surface area contributed by atoms with Gasteiger partial charge in [0.25, 0.3) is 5.92 Å². The van der Waals surface area contributed by atoms with Crippen molar-refractivity contribution in [2.45, 2.75) is 70.3 Å². The zero-order valence-electron chi connectivity index (χ0n) is 15.2. The molecule has 2 unspecified atom stereocenters. The lowest BCUT2D eigenvalue weighted by molar-refractivity contribution is -0.136. The molecule has 1 aliphatic carbocycles. The zero-order chi connectivity index (χ0) is 18.5. The summed E-state index contributed by atoms with van der Waals surface area (Å²) in [6, 6.07) is 0. The van der Waals surface area contributed by atoms with Crippen LogP contribution in [-0.4, -0.2) is 34.1 Å². The maximum Gasteiger partial charge on any atom is 0.416 e. The summed E-state index contributed by atoms with van der Waals surface area (Å²) in [5.41, 5.74) is -0.160. The van der Waals surface area contributed by atoms with Gasteiger partial charge in [-0.05, 0) is 19.3 Å². The highest BCUT2D eigenvalue weighted by molar-refractivity contribution is 5.89. The van der Waals surface area contributed by atoms with Gasteiger partial charge in [0.1, 0.15) is 5.60 Å². The van der Waals surface area contributed by atoms with Gasteiger partial charge < -0.3 is 4.74 Å². The number of aromatic nitrogens is 2. The van der Waals surface area contributed by atoms with E-state index in [0.29, 0.717) is 12.2 Å². The minimum Gasteiger partial charge on any atom is -0.441 e. The van der Waals surface area contributed by atoms with E-state index >= 15 is 0 Å². The molecule has 1 aliphatic heterocycles. The first-order chi connectivity index (χ1) is 11.6. The Morgan fingerprint density at radius 1 is 1.28 bits per heavy atom. The summed E-state index contributed by atoms with van der Waals surface area (Å²) in [6.07, 6.45) is 3.15. The number of rotatable bonds is 2. The molecule has 2 heterocycles. The van der Waals surface area contributed by atoms with Gasteiger partial charge in [0.05, 0.1) is 24.6 Å². The van der Waals surface area contributed by atoms with Crippen LogP contribution in [-0.2, 0) is 10.2 Å². The van der Waals surface area contributed by atoms with Crippen molar-refractivity contribution >= 4 is 11.9 Å². The second-order valence-corrected chi connectivity index (χ2v) is 8.22. The Balaban J connectivity index is 1.79. The van der Waals surface area contributed by atoms with Crippen LogP contribution in [0.5, 0.6) is 0 Å². The molecule has 2 aliphatic rings. The lowest BCUT2D eigenvalue weighted by Crippen LogP contribution is -2.47. The molecule has 0 aromatic carbocycles. The van der Waals surface area contributed by atoms with E-state index in [-0.39, 0.29) is 31.2 Å². The minimum atomic E-state index is -2.69. The molecule has 1 spiro atoms. The monoisotopic (exact) mass is 353 g/mol. The van der Waals surface area contributed by atoms with Crippen LogP contribution in [0.2, 0.25) is 0 Å². The predicted molar refractivity (Wildman–Crippen MR) is 89.9 cm³/mol. The van der Waals surface area contributed by atoms with Crippen molar-refractivity contribution in [3.63, 3.8) is 0 Å². The quantitative estimate of drug-likeness (QED) is 0.795. The van der Waals surface area contributed by atoms with Gasteiger partial charge in [-0.15, -0.1) is 0 Å². The predicted octanol–water partition coefficient (Wildman–Crippen LogP) is 4.31. The van der Waals surface area contributed by atoms with Crippen LogP contribution in [0.3, 0.4) is 0 Å². The first kappa shape index (κ1) is 18.0. The molecule has 0 radical (unpaired) electrons. The fraction of sp³-hybridized carbons (Fsp3) is 0.722. The van der Waals surface area contributed by atoms with Crippen molar-refractivity contribution in [1.29, 1.82) is 0 Å². The molecule has 2 fully saturated rings. The van der Waals surface area contributed by atoms with E-state index in [0.717, 1.165) is 5.69 Å². The van der Waals surface area contributed by atoms with Crippen molar-refractivity contribution in [3.8, 4) is 0 Å². The molecular weight excluding hydrogens is 328 g/mol. The highest BCUT2D eigenvalue weighted by Crippen LogP contribution is 2.48. The Morgan fingerprint density at radius 2 is 2.00 bits per heavy atom. The number of alkyl halides is 2. The minimum absolute atomic E-state index is 0.137. The van der Waals surface area contributed by atoms with Crippen LogP contribution >= 0.6 is 0 Å². The fourth-order valence-electron chi connectivity index (χ4n) is 3.63. The van der Waals surface area contributed by atoms with Crippen LogP contribution < -0.4 is 4.90 Å². The van der Waals surface area contributed by atoms with Gasteiger partial charge in [0.15, 0.2) is 5.82 Å². The lowest BCUT2D eigenvalue weighted by atomic mass is 9.74. The Morgan fingerprint density at radius 3 is 2.56 bits per heavy atom. The maximum atomic E-state index is 14.0. The van der Waals surface area contributed by atoms with Crippen molar-refractivity contribution in [3.05, 3.63) is 18.1 Å². The van der Waals surface area contributed by atoms with Crippen LogP contribution in [0.15, 0.2) is 12.4 Å². The summed E-state index contributed by atoms with van der Waals surface area (Å²) in [5.74, 6) is -3.04. The number of anilines is 1. The first-order valence-corrected chi connectivity index (χ1v) is 8.77. The molecule has 1 saturated heterocycles. The van der Waals surface area contributed by atoms with Crippen LogP contribution in [0.1, 0.15) is 59.1 Å². The van der Waals surface area contributed by atoms with E-state index < -0.39 is 23.5 Å². The number of hydrogen-bond donors (Lipinski definition) is 0. The van der Waals surface area contributed by atoms with Gasteiger partial charge in [-0.1, -0.05) is 27.7 Å². The summed E-state index contributed by atoms with van der Waals surface area (Å²) in [5, 5.41) is 0. The first-order valence-electron chi connectivity index (χ1n) is 8.77. The number of hydrogen-bond acceptors (Lipinski definition) is 4. The third kappa shape index (κ3) is 3.33. The molecule has 5 nitrogen and oxygen atoms in total. The lowest BCUT2D eigenvalue weighted by Gasteiger charge is -2.40. The van der Waals surface area contributed by atoms with E-state index in [4.69, 9.17) is 4.74 Å². The summed E-state index contributed by atoms with van der Waals surface area (Å²) in [6.45, 7) is 8.10. The van der Waals surface area contributed by atoms with E-state index in [1.807, 2.05) is 20.8 Å². The number of carbonyl (C=O) groups excluding carboxylic acids is 1. The summed E-state index contributed by atoms with van der Waals surface area (Å²) in [7, 11) is 0. The normalized spacial score (nSPS) is 29.1. The number of ether oxygens (including phenoxy) is 1. The number of nitrogens with zero attached hydrogens (tertiary/aromatic N) is 3. The third-order valence-electron chi connectivity index (χ3n) is 5.28. The van der Waals surface area contributed by atoms with Crippen LogP contribution in [0.25, 0.3) is 0 Å². The smallest absolute Gasteiger partial charge is 0.416 e. The highest BCUT2D eigenvalue weighted by atomic mass is 19.3. The maximum absolute atomic E-state index is 14.0. The molecule has 0 N–H and O–H groups in total. The molecule has 1 saturated carbocycles. The van der Waals surface area contributed by atoms with E-state index in [9.17, 15) is 13.6 Å². The van der Waals surface area contributed by atoms with Crippen LogP contribution in [0.4, 0.5) is 19.4 Å². The Hall–Kier alpha value is -1.79. The summed E-state index contributed by atoms with van der Waals surface area (Å²) < 4.78 is 33.6. The van der Waals surface area contributed by atoms with Gasteiger partial charge in [-0.3, -0.25) is 9.88 Å². The topological polar surface area (TPSA) is 55.3 Å². The van der Waals surface area contributed by atoms with Crippen molar-refractivity contribution in [1.82, 2.24) is 9.97 Å². The molecule has 138 valence electrons. The molecule has 1 aromatic rings. The SMILES string of the molecule is CCC1CC2(CCC1(F)F)CN(c1cnc(C(C)(C)C)cn1)C(=O)O2. The van der Waals surface area contributed by atoms with Crippen molar-refractivity contribution in [2.75, 3.05) is 11.4 Å². The zero-order valence-corrected chi connectivity index (χ0v) is 15.2. The molecule has 7 heteroatoms. The number of halogens is 2. The van der Waals surface area contributed by atoms with Gasteiger partial charge in [0, 0.05) is 17.8 Å². The van der Waals surface area contributed by atoms with E-state index in [2.05, 4.69) is 9.97 Å². The van der Waals surface area contributed by atoms with Gasteiger partial charge >= 0.3 is 6.09 Å². The highest BCUT2D eigenvalue weighted by Gasteiger charge is 2.56. The second kappa shape index (κ2) is 5.88. The van der Waals surface area contributed by atoms with E-state index in [1.54, 1.807) is 19.3 Å². The largest absolute Gasteiger partial charge is 0.441 e. The average Bonchev–Trinajstić information content (AvgIpc) is 2.86. The molecule has 2 atom stereocenters. The van der Waals surface area contributed by atoms with Gasteiger partial charge in [-0.2, -0.15) is 0 Å². The molecule has 25 heavy (non-hydrogen) atoms. The summed E-state index contributed by atoms with van der Waals surface area (Å²) in [4.78, 5) is 22.5. The Kier molecular flexibility index (Phi) is 4.24. The van der Waals surface area contributed by atoms with Crippen LogP contribution in [0, 0.1) is 5.92 Å². The second-order valence-electron chi connectivity index (χ2n) is 8.22. The van der Waals surface area contributed by atoms with Gasteiger partial charge in [-0.25, -0.2) is 18.6 Å². The summed E-state index contributed by atoms with van der Waals surface area (Å²) >= 11 is 0. The van der Waals surface area contributed by atoms with E-state index in [1.165, 1.54) is 4.90 Å². The molecule has 0 bridgehead atoms. The number of carbonyl (C=O) groups is 1. The van der Waals surface area contributed by atoms with Gasteiger partial charge in [0.2, 0.25) is 0 Å². The average molecular weight is 353 g/mol. The Bertz CT molecular complexity index is 657. The van der Waals surface area contributed by atoms with Crippen molar-refractivity contribution < 1.29 is 18.3 Å². The Labute approximate surface area is 146 Å². The molecule has 3 rings (SSSR count). The molecule has 1 amide bonds. The molecular formula is C18H25F2N3O2.